The number of rotatable bonds is 8. The van der Waals surface area contributed by atoms with Crippen molar-refractivity contribution in [3.05, 3.63) is 90.0 Å². The van der Waals surface area contributed by atoms with Crippen LogP contribution in [-0.2, 0) is 0 Å². The largest absolute Gasteiger partial charge is 0.497 e. The van der Waals surface area contributed by atoms with E-state index >= 15 is 0 Å². The third kappa shape index (κ3) is 5.79. The normalized spacial score (nSPS) is 14.0. The molecular weight excluding hydrogens is 416 g/mol. The van der Waals surface area contributed by atoms with Crippen LogP contribution in [0.5, 0.6) is 17.2 Å². The van der Waals surface area contributed by atoms with Gasteiger partial charge in [-0.05, 0) is 48.5 Å². The molecule has 0 unspecified atom stereocenters. The Morgan fingerprint density at radius 2 is 1.42 bits per heavy atom. The third-order valence-corrected chi connectivity index (χ3v) is 5.81. The van der Waals surface area contributed by atoms with E-state index in [4.69, 9.17) is 9.47 Å². The van der Waals surface area contributed by atoms with Crippen molar-refractivity contribution in [3.63, 3.8) is 0 Å². The molecule has 3 aromatic carbocycles. The second-order valence-corrected chi connectivity index (χ2v) is 7.95. The molecule has 0 N–H and O–H groups in total. The number of hydrogen-bond acceptors (Lipinski definition) is 5. The molecule has 6 heteroatoms. The number of ether oxygens (including phenoxy) is 2. The molecule has 6 nitrogen and oxygen atoms in total. The Labute approximate surface area is 194 Å². The van der Waals surface area contributed by atoms with E-state index in [9.17, 15) is 9.59 Å². The summed E-state index contributed by atoms with van der Waals surface area (Å²) in [6.07, 6.45) is 0.398. The van der Waals surface area contributed by atoms with E-state index in [1.54, 1.807) is 13.2 Å². The molecule has 1 fully saturated rings. The Morgan fingerprint density at radius 3 is 2.12 bits per heavy atom. The van der Waals surface area contributed by atoms with E-state index in [0.29, 0.717) is 43.1 Å². The zero-order chi connectivity index (χ0) is 23.0. The fraction of sp³-hybridized carbons (Fsp3) is 0.259. The van der Waals surface area contributed by atoms with Crippen LogP contribution in [0, 0.1) is 0 Å². The Balaban J connectivity index is 1.30. The first-order valence-electron chi connectivity index (χ1n) is 11.1. The van der Waals surface area contributed by atoms with Crippen molar-refractivity contribution in [1.82, 2.24) is 9.80 Å². The molecule has 0 atom stereocenters. The maximum absolute atomic E-state index is 13.0. The molecule has 1 aliphatic heterocycles. The number of methoxy groups -OCH3 is 1. The van der Waals surface area contributed by atoms with E-state index in [2.05, 4.69) is 4.90 Å². The van der Waals surface area contributed by atoms with Crippen molar-refractivity contribution in [3.8, 4) is 17.2 Å². The van der Waals surface area contributed by atoms with E-state index in [1.807, 2.05) is 77.7 Å². The first kappa shape index (κ1) is 22.6. The van der Waals surface area contributed by atoms with Crippen LogP contribution in [0.25, 0.3) is 0 Å². The number of hydrogen-bond donors (Lipinski definition) is 0. The molecule has 0 aliphatic carbocycles. The summed E-state index contributed by atoms with van der Waals surface area (Å²) in [5, 5.41) is 0. The lowest BCUT2D eigenvalue weighted by atomic mass is 10.1. The standard InChI is InChI=1S/C27H28N2O4/c1-32-22-11-13-23(14-12-22)33-26-10-6-5-9-24(26)25(30)15-16-28-17-19-29(20-18-28)27(31)21-7-3-2-4-8-21/h2-14H,15-20H2,1H3. The van der Waals surface area contributed by atoms with Crippen LogP contribution in [-0.4, -0.2) is 61.3 Å². The van der Waals surface area contributed by atoms with Crippen LogP contribution in [0.3, 0.4) is 0 Å². The number of para-hydroxylation sites is 1. The molecular formula is C27H28N2O4. The topological polar surface area (TPSA) is 59.1 Å². The lowest BCUT2D eigenvalue weighted by molar-refractivity contribution is 0.0628. The molecule has 33 heavy (non-hydrogen) atoms. The monoisotopic (exact) mass is 444 g/mol. The molecule has 1 heterocycles. The zero-order valence-corrected chi connectivity index (χ0v) is 18.8. The predicted molar refractivity (Wildman–Crippen MR) is 127 cm³/mol. The molecule has 3 aromatic rings. The van der Waals surface area contributed by atoms with Gasteiger partial charge in [-0.2, -0.15) is 0 Å². The molecule has 1 aliphatic rings. The summed E-state index contributed by atoms with van der Waals surface area (Å²) in [6.45, 7) is 3.51. The molecule has 4 rings (SSSR count). The molecule has 0 spiro atoms. The van der Waals surface area contributed by atoms with Gasteiger partial charge < -0.3 is 14.4 Å². The van der Waals surface area contributed by atoms with Crippen LogP contribution in [0.1, 0.15) is 27.1 Å². The van der Waals surface area contributed by atoms with Crippen LogP contribution < -0.4 is 9.47 Å². The van der Waals surface area contributed by atoms with Crippen LogP contribution in [0.15, 0.2) is 78.9 Å². The molecule has 0 aromatic heterocycles. The Hall–Kier alpha value is -3.64. The van der Waals surface area contributed by atoms with Crippen molar-refractivity contribution in [2.75, 3.05) is 39.8 Å². The lowest BCUT2D eigenvalue weighted by Crippen LogP contribution is -2.49. The van der Waals surface area contributed by atoms with Crippen LogP contribution in [0.4, 0.5) is 0 Å². The van der Waals surface area contributed by atoms with Gasteiger partial charge >= 0.3 is 0 Å². The zero-order valence-electron chi connectivity index (χ0n) is 18.8. The minimum absolute atomic E-state index is 0.0434. The van der Waals surface area contributed by atoms with E-state index < -0.39 is 0 Å². The smallest absolute Gasteiger partial charge is 0.253 e. The molecule has 1 saturated heterocycles. The summed E-state index contributed by atoms with van der Waals surface area (Å²) in [5.41, 5.74) is 1.29. The summed E-state index contributed by atoms with van der Waals surface area (Å²) in [4.78, 5) is 29.7. The predicted octanol–water partition coefficient (Wildman–Crippen LogP) is 4.52. The number of nitrogens with zero attached hydrogens (tertiary/aromatic N) is 2. The lowest BCUT2D eigenvalue weighted by Gasteiger charge is -2.34. The van der Waals surface area contributed by atoms with E-state index in [-0.39, 0.29) is 11.7 Å². The summed E-state index contributed by atoms with van der Waals surface area (Å²) in [5.74, 6) is 2.05. The summed E-state index contributed by atoms with van der Waals surface area (Å²) in [6, 6.07) is 24.0. The van der Waals surface area contributed by atoms with Gasteiger partial charge in [0.2, 0.25) is 0 Å². The van der Waals surface area contributed by atoms with Crippen LogP contribution in [0.2, 0.25) is 0 Å². The van der Waals surface area contributed by atoms with Gasteiger partial charge in [0.25, 0.3) is 5.91 Å². The summed E-state index contributed by atoms with van der Waals surface area (Å²) in [7, 11) is 1.62. The Morgan fingerprint density at radius 1 is 0.788 bits per heavy atom. The number of piperazine rings is 1. The maximum Gasteiger partial charge on any atom is 0.253 e. The molecule has 170 valence electrons. The molecule has 1 amide bonds. The number of benzene rings is 3. The molecule has 0 bridgehead atoms. The second-order valence-electron chi connectivity index (χ2n) is 7.95. The fourth-order valence-electron chi connectivity index (χ4n) is 3.89. The highest BCUT2D eigenvalue weighted by molar-refractivity contribution is 5.98. The van der Waals surface area contributed by atoms with E-state index in [1.165, 1.54) is 0 Å². The van der Waals surface area contributed by atoms with Gasteiger partial charge in [0.1, 0.15) is 17.2 Å². The van der Waals surface area contributed by atoms with E-state index in [0.717, 1.165) is 24.4 Å². The van der Waals surface area contributed by atoms with Crippen LogP contribution >= 0.6 is 0 Å². The number of carbonyl (C=O) groups excluding carboxylic acids is 2. The fourth-order valence-corrected chi connectivity index (χ4v) is 3.89. The van der Waals surface area contributed by atoms with Crippen molar-refractivity contribution in [2.45, 2.75) is 6.42 Å². The minimum Gasteiger partial charge on any atom is -0.497 e. The van der Waals surface area contributed by atoms with Gasteiger partial charge in [-0.1, -0.05) is 30.3 Å². The number of amides is 1. The number of Topliss-reactive ketones (excluding diaryl/α,β-unsaturated/α-hetero) is 1. The average molecular weight is 445 g/mol. The highest BCUT2D eigenvalue weighted by atomic mass is 16.5. The summed E-state index contributed by atoms with van der Waals surface area (Å²) < 4.78 is 11.1. The molecule has 0 saturated carbocycles. The van der Waals surface area contributed by atoms with Crippen molar-refractivity contribution in [2.24, 2.45) is 0 Å². The first-order valence-corrected chi connectivity index (χ1v) is 11.1. The van der Waals surface area contributed by atoms with Crippen molar-refractivity contribution >= 4 is 11.7 Å². The average Bonchev–Trinajstić information content (AvgIpc) is 2.88. The number of carbonyl (C=O) groups is 2. The van der Waals surface area contributed by atoms with Gasteiger partial charge in [0.05, 0.1) is 12.7 Å². The Bertz CT molecular complexity index is 1070. The summed E-state index contributed by atoms with van der Waals surface area (Å²) >= 11 is 0. The quantitative estimate of drug-likeness (QED) is 0.478. The van der Waals surface area contributed by atoms with Gasteiger partial charge in [0.15, 0.2) is 5.78 Å². The minimum atomic E-state index is 0.0434. The van der Waals surface area contributed by atoms with Gasteiger partial charge in [-0.3, -0.25) is 14.5 Å². The highest BCUT2D eigenvalue weighted by Gasteiger charge is 2.23. The third-order valence-electron chi connectivity index (χ3n) is 5.81. The Kier molecular flexibility index (Phi) is 7.37. The second kappa shape index (κ2) is 10.8. The first-order chi connectivity index (χ1) is 16.1. The van der Waals surface area contributed by atoms with Gasteiger partial charge in [-0.25, -0.2) is 0 Å². The SMILES string of the molecule is COc1ccc(Oc2ccccc2C(=O)CCN2CCN(C(=O)c3ccccc3)CC2)cc1. The van der Waals surface area contributed by atoms with Gasteiger partial charge in [0, 0.05) is 44.7 Å². The maximum atomic E-state index is 13.0. The highest BCUT2D eigenvalue weighted by Crippen LogP contribution is 2.27. The van der Waals surface area contributed by atoms with Crippen molar-refractivity contribution < 1.29 is 19.1 Å². The van der Waals surface area contributed by atoms with Crippen molar-refractivity contribution in [1.29, 1.82) is 0 Å². The number of ketones is 1. The molecule has 0 radical (unpaired) electrons. The van der Waals surface area contributed by atoms with Gasteiger partial charge in [-0.15, -0.1) is 0 Å².